The van der Waals surface area contributed by atoms with Crippen LogP contribution < -0.4 is 4.72 Å². The van der Waals surface area contributed by atoms with E-state index in [-0.39, 0.29) is 0 Å². The summed E-state index contributed by atoms with van der Waals surface area (Å²) in [6, 6.07) is 8.01. The maximum absolute atomic E-state index is 13.4. The van der Waals surface area contributed by atoms with Crippen LogP contribution in [0.25, 0.3) is 0 Å². The molecule has 0 aliphatic carbocycles. The lowest BCUT2D eigenvalue weighted by molar-refractivity contribution is 0.599. The van der Waals surface area contributed by atoms with E-state index in [0.717, 1.165) is 43.5 Å². The van der Waals surface area contributed by atoms with Gasteiger partial charge < -0.3 is 0 Å². The van der Waals surface area contributed by atoms with E-state index in [9.17, 15) is 8.42 Å². The van der Waals surface area contributed by atoms with E-state index < -0.39 is 10.0 Å². The van der Waals surface area contributed by atoms with Crippen LogP contribution in [0, 0.1) is 48.5 Å². The molecule has 1 N–H and O–H groups in total. The van der Waals surface area contributed by atoms with Gasteiger partial charge in [0, 0.05) is 4.47 Å². The Kier molecular flexibility index (Phi) is 6.16. The highest BCUT2D eigenvalue weighted by Gasteiger charge is 2.26. The number of halogens is 1. The molecule has 0 bridgehead atoms. The fourth-order valence-corrected chi connectivity index (χ4v) is 5.86. The molecule has 0 atom stereocenters. The van der Waals surface area contributed by atoms with Gasteiger partial charge in [-0.25, -0.2) is 8.42 Å². The maximum Gasteiger partial charge on any atom is 0.262 e. The first-order valence-corrected chi connectivity index (χ1v) is 12.1. The molecule has 0 unspecified atom stereocenters. The molecule has 160 valence electrons. The Morgan fingerprint density at radius 2 is 1.37 bits per heavy atom. The summed E-state index contributed by atoms with van der Waals surface area (Å²) in [5, 5.41) is 4.58. The molecule has 1 aromatic heterocycles. The van der Waals surface area contributed by atoms with Crippen LogP contribution in [0.3, 0.4) is 0 Å². The zero-order valence-corrected chi connectivity index (χ0v) is 20.9. The van der Waals surface area contributed by atoms with Crippen molar-refractivity contribution in [1.29, 1.82) is 0 Å². The highest BCUT2D eigenvalue weighted by Crippen LogP contribution is 2.32. The van der Waals surface area contributed by atoms with Crippen molar-refractivity contribution in [3.8, 4) is 0 Å². The van der Waals surface area contributed by atoms with E-state index >= 15 is 0 Å². The van der Waals surface area contributed by atoms with Crippen molar-refractivity contribution < 1.29 is 8.42 Å². The third-order valence-corrected chi connectivity index (χ3v) is 8.21. The Labute approximate surface area is 187 Å². The molecule has 1 heterocycles. The summed E-state index contributed by atoms with van der Waals surface area (Å²) in [5.41, 5.74) is 7.83. The van der Waals surface area contributed by atoms with Crippen LogP contribution in [0.15, 0.2) is 33.6 Å². The normalized spacial score (nSPS) is 11.7. The van der Waals surface area contributed by atoms with Crippen LogP contribution in [-0.2, 0) is 16.6 Å². The number of hydrogen-bond donors (Lipinski definition) is 1. The molecular weight excluding hydrogens is 462 g/mol. The van der Waals surface area contributed by atoms with Gasteiger partial charge in [0.1, 0.15) is 0 Å². The van der Waals surface area contributed by atoms with Gasteiger partial charge in [-0.15, -0.1) is 0 Å². The number of sulfonamides is 1. The van der Waals surface area contributed by atoms with Crippen molar-refractivity contribution in [3.05, 3.63) is 73.5 Å². The van der Waals surface area contributed by atoms with Crippen molar-refractivity contribution in [2.24, 2.45) is 0 Å². The van der Waals surface area contributed by atoms with Crippen LogP contribution in [0.2, 0.25) is 0 Å². The Morgan fingerprint density at radius 1 is 0.867 bits per heavy atom. The Bertz CT molecular complexity index is 1200. The van der Waals surface area contributed by atoms with E-state index in [1.54, 1.807) is 0 Å². The minimum absolute atomic E-state index is 0.363. The number of rotatable bonds is 5. The monoisotopic (exact) mass is 489 g/mol. The van der Waals surface area contributed by atoms with Gasteiger partial charge in [0.05, 0.1) is 28.5 Å². The van der Waals surface area contributed by atoms with Crippen LogP contribution >= 0.6 is 15.9 Å². The van der Waals surface area contributed by atoms with Gasteiger partial charge >= 0.3 is 0 Å². The van der Waals surface area contributed by atoms with Crippen LogP contribution in [0.5, 0.6) is 0 Å². The van der Waals surface area contributed by atoms with Gasteiger partial charge in [0.15, 0.2) is 0 Å². The lowest BCUT2D eigenvalue weighted by atomic mass is 9.95. The van der Waals surface area contributed by atoms with Crippen molar-refractivity contribution >= 4 is 31.6 Å². The molecule has 7 heteroatoms. The molecule has 0 radical (unpaired) electrons. The molecule has 0 amide bonds. The first-order chi connectivity index (χ1) is 13.9. The van der Waals surface area contributed by atoms with Gasteiger partial charge in [-0.1, -0.05) is 28.1 Å². The minimum atomic E-state index is -3.76. The largest absolute Gasteiger partial charge is 0.276 e. The number of hydrogen-bond acceptors (Lipinski definition) is 3. The number of nitrogens with zero attached hydrogens (tertiary/aromatic N) is 2. The molecule has 5 nitrogen and oxygen atoms in total. The summed E-state index contributed by atoms with van der Waals surface area (Å²) in [6.45, 7) is 14.0. The van der Waals surface area contributed by atoms with E-state index in [1.807, 2.05) is 77.4 Å². The Morgan fingerprint density at radius 3 is 1.90 bits per heavy atom. The zero-order valence-electron chi connectivity index (χ0n) is 18.5. The third-order valence-electron chi connectivity index (χ3n) is 6.06. The highest BCUT2D eigenvalue weighted by molar-refractivity contribution is 9.10. The SMILES string of the molecule is Cc1nn(Cc2ccc(Br)cc2)c(C)c1NS(=O)(=O)c1c(C)c(C)c(C)c(C)c1C. The first-order valence-electron chi connectivity index (χ1n) is 9.82. The molecular formula is C23H28BrN3O2S. The molecule has 3 rings (SSSR count). The second-order valence-corrected chi connectivity index (χ2v) is 10.4. The number of anilines is 1. The molecule has 30 heavy (non-hydrogen) atoms. The van der Waals surface area contributed by atoms with Crippen molar-refractivity contribution in [3.63, 3.8) is 0 Å². The minimum Gasteiger partial charge on any atom is -0.276 e. The van der Waals surface area contributed by atoms with E-state index in [4.69, 9.17) is 0 Å². The average Bonchev–Trinajstić information content (AvgIpc) is 2.93. The average molecular weight is 490 g/mol. The molecule has 0 fully saturated rings. The number of aryl methyl sites for hydroxylation is 1. The Hall–Kier alpha value is -2.12. The number of nitrogens with one attached hydrogen (secondary N) is 1. The predicted octanol–water partition coefficient (Wildman–Crippen LogP) is 5.65. The number of benzene rings is 2. The summed E-state index contributed by atoms with van der Waals surface area (Å²) >= 11 is 3.44. The van der Waals surface area contributed by atoms with E-state index in [0.29, 0.717) is 22.8 Å². The van der Waals surface area contributed by atoms with Gasteiger partial charge in [-0.2, -0.15) is 5.10 Å². The standard InChI is InChI=1S/C23H28BrN3O2S/c1-13-14(2)16(4)23(17(5)15(13)3)30(28,29)26-22-18(6)25-27(19(22)7)12-20-8-10-21(24)11-9-20/h8-11,26H,12H2,1-7H3. The van der Waals surface area contributed by atoms with Crippen molar-refractivity contribution in [1.82, 2.24) is 9.78 Å². The van der Waals surface area contributed by atoms with Crippen LogP contribution in [-0.4, -0.2) is 18.2 Å². The van der Waals surface area contributed by atoms with Gasteiger partial charge in [0.25, 0.3) is 10.0 Å². The predicted molar refractivity (Wildman–Crippen MR) is 126 cm³/mol. The zero-order chi connectivity index (χ0) is 22.4. The molecule has 0 spiro atoms. The third kappa shape index (κ3) is 4.05. The highest BCUT2D eigenvalue weighted by atomic mass is 79.9. The van der Waals surface area contributed by atoms with E-state index in [1.165, 1.54) is 0 Å². The maximum atomic E-state index is 13.4. The molecule has 0 saturated carbocycles. The molecule has 2 aromatic carbocycles. The Balaban J connectivity index is 2.01. The molecule has 0 saturated heterocycles. The summed E-state index contributed by atoms with van der Waals surface area (Å²) in [5.74, 6) is 0. The molecule has 0 aliphatic heterocycles. The van der Waals surface area contributed by atoms with Crippen LogP contribution in [0.1, 0.15) is 44.8 Å². The van der Waals surface area contributed by atoms with Gasteiger partial charge in [-0.3, -0.25) is 9.40 Å². The van der Waals surface area contributed by atoms with Crippen molar-refractivity contribution in [2.45, 2.75) is 59.9 Å². The van der Waals surface area contributed by atoms with Crippen molar-refractivity contribution in [2.75, 3.05) is 4.72 Å². The molecule has 3 aromatic rings. The summed E-state index contributed by atoms with van der Waals surface area (Å²) in [6.07, 6.45) is 0. The quantitative estimate of drug-likeness (QED) is 0.503. The smallest absolute Gasteiger partial charge is 0.262 e. The number of aromatic nitrogens is 2. The fraction of sp³-hybridized carbons (Fsp3) is 0.348. The summed E-state index contributed by atoms with van der Waals surface area (Å²) in [7, 11) is -3.76. The van der Waals surface area contributed by atoms with Gasteiger partial charge in [-0.05, 0) is 94.0 Å². The molecule has 0 aliphatic rings. The second-order valence-electron chi connectivity index (χ2n) is 7.89. The van der Waals surface area contributed by atoms with Crippen LogP contribution in [0.4, 0.5) is 5.69 Å². The topological polar surface area (TPSA) is 64.0 Å². The summed E-state index contributed by atoms with van der Waals surface area (Å²) < 4.78 is 32.5. The van der Waals surface area contributed by atoms with E-state index in [2.05, 4.69) is 25.8 Å². The lowest BCUT2D eigenvalue weighted by Gasteiger charge is -2.19. The van der Waals surface area contributed by atoms with Gasteiger partial charge in [0.2, 0.25) is 0 Å². The lowest BCUT2D eigenvalue weighted by Crippen LogP contribution is -2.18. The fourth-order valence-electron chi connectivity index (χ4n) is 3.82. The first kappa shape index (κ1) is 22.6. The summed E-state index contributed by atoms with van der Waals surface area (Å²) in [4.78, 5) is 0.363. The second kappa shape index (κ2) is 8.19.